The summed E-state index contributed by atoms with van der Waals surface area (Å²) in [4.78, 5) is 15.5. The highest BCUT2D eigenvalue weighted by atomic mass is 16.3. The van der Waals surface area contributed by atoms with E-state index in [4.69, 9.17) is 23.8 Å². The number of nitrogens with zero attached hydrogens (tertiary/aromatic N) is 3. The number of rotatable bonds is 4. The van der Waals surface area contributed by atoms with Gasteiger partial charge in [0.05, 0.1) is 5.41 Å². The molecule has 0 atom stereocenters. The van der Waals surface area contributed by atoms with Crippen LogP contribution in [0, 0.1) is 0 Å². The van der Waals surface area contributed by atoms with Crippen LogP contribution in [0.2, 0.25) is 0 Å². The Morgan fingerprint density at radius 1 is 0.302 bits per heavy atom. The lowest BCUT2D eigenvalue weighted by Crippen LogP contribution is -2.26. The summed E-state index contributed by atoms with van der Waals surface area (Å²) in [5.74, 6) is 1.72. The minimum absolute atomic E-state index is 0.477. The molecule has 0 unspecified atom stereocenters. The average Bonchev–Trinajstić information content (AvgIpc) is 4.09. The summed E-state index contributed by atoms with van der Waals surface area (Å²) in [7, 11) is 0. The molecule has 14 rings (SSSR count). The molecule has 2 aliphatic carbocycles. The van der Waals surface area contributed by atoms with E-state index in [1.54, 1.807) is 0 Å². The van der Waals surface area contributed by atoms with Crippen LogP contribution < -0.4 is 0 Å². The van der Waals surface area contributed by atoms with Crippen molar-refractivity contribution in [1.82, 2.24) is 15.0 Å². The number of para-hydroxylation sites is 1. The summed E-state index contributed by atoms with van der Waals surface area (Å²) in [5.41, 5.74) is 18.0. The van der Waals surface area contributed by atoms with Gasteiger partial charge in [-0.05, 0) is 92.0 Å². The molecular formula is C58H33N3O2. The highest BCUT2D eigenvalue weighted by molar-refractivity contribution is 6.13. The van der Waals surface area contributed by atoms with Gasteiger partial charge in [-0.2, -0.15) is 0 Å². The van der Waals surface area contributed by atoms with E-state index in [1.165, 1.54) is 50.1 Å². The standard InChI is InChI=1S/C58H33N3O2/c1-2-14-34(15-3-1)55-59-56(36-28-30-42-41-19-7-11-26-49(41)63-52(42)33-36)61-57(60-55)44-22-13-27-51-53(44)45-32-35(29-31-50(45)62-51)37-20-12-21-43-40-18-6-10-25-48(40)58(54(37)43)46-23-8-4-16-38(46)39-17-5-9-24-47(39)58/h1-33H. The Morgan fingerprint density at radius 3 is 1.60 bits per heavy atom. The summed E-state index contributed by atoms with van der Waals surface area (Å²) in [6, 6.07) is 70.9. The van der Waals surface area contributed by atoms with Gasteiger partial charge in [-0.1, -0.05) is 164 Å². The van der Waals surface area contributed by atoms with Crippen LogP contribution in [0.3, 0.4) is 0 Å². The third-order valence-corrected chi connectivity index (χ3v) is 13.4. The quantitative estimate of drug-likeness (QED) is 0.177. The van der Waals surface area contributed by atoms with Crippen LogP contribution in [0.5, 0.6) is 0 Å². The fourth-order valence-electron chi connectivity index (χ4n) is 10.8. The molecule has 0 bridgehead atoms. The molecule has 5 heteroatoms. The van der Waals surface area contributed by atoms with E-state index in [9.17, 15) is 0 Å². The molecule has 0 fully saturated rings. The molecule has 0 amide bonds. The monoisotopic (exact) mass is 803 g/mol. The number of hydrogen-bond acceptors (Lipinski definition) is 5. The van der Waals surface area contributed by atoms with Crippen molar-refractivity contribution in [1.29, 1.82) is 0 Å². The van der Waals surface area contributed by atoms with Gasteiger partial charge >= 0.3 is 0 Å². The molecule has 0 saturated heterocycles. The maximum Gasteiger partial charge on any atom is 0.164 e. The number of benzene rings is 9. The molecule has 0 aliphatic heterocycles. The summed E-state index contributed by atoms with van der Waals surface area (Å²) in [6.07, 6.45) is 0. The first-order valence-corrected chi connectivity index (χ1v) is 21.3. The maximum atomic E-state index is 6.66. The molecule has 0 saturated carbocycles. The van der Waals surface area contributed by atoms with E-state index in [2.05, 4.69) is 133 Å². The molecule has 3 aromatic heterocycles. The van der Waals surface area contributed by atoms with Crippen LogP contribution in [0.4, 0.5) is 0 Å². The van der Waals surface area contributed by atoms with Gasteiger partial charge in [-0.25, -0.2) is 15.0 Å². The van der Waals surface area contributed by atoms with Crippen molar-refractivity contribution in [2.24, 2.45) is 0 Å². The average molecular weight is 804 g/mol. The smallest absolute Gasteiger partial charge is 0.164 e. The molecule has 0 N–H and O–H groups in total. The Hall–Kier alpha value is -8.41. The van der Waals surface area contributed by atoms with Gasteiger partial charge in [0.2, 0.25) is 0 Å². The van der Waals surface area contributed by atoms with E-state index in [0.717, 1.165) is 66.1 Å². The molecule has 0 radical (unpaired) electrons. The van der Waals surface area contributed by atoms with Crippen LogP contribution in [-0.2, 0) is 5.41 Å². The van der Waals surface area contributed by atoms with Gasteiger partial charge in [0.1, 0.15) is 22.3 Å². The van der Waals surface area contributed by atoms with Crippen molar-refractivity contribution < 1.29 is 8.83 Å². The van der Waals surface area contributed by atoms with E-state index in [1.807, 2.05) is 66.7 Å². The zero-order chi connectivity index (χ0) is 41.2. The lowest BCUT2D eigenvalue weighted by molar-refractivity contribution is 0.668. The Morgan fingerprint density at radius 2 is 0.825 bits per heavy atom. The predicted octanol–water partition coefficient (Wildman–Crippen LogP) is 14.7. The van der Waals surface area contributed by atoms with Crippen LogP contribution >= 0.6 is 0 Å². The lowest BCUT2D eigenvalue weighted by Gasteiger charge is -2.32. The van der Waals surface area contributed by atoms with Crippen LogP contribution in [-0.4, -0.2) is 15.0 Å². The first-order chi connectivity index (χ1) is 31.2. The minimum atomic E-state index is -0.477. The number of aromatic nitrogens is 3. The Labute approximate surface area is 361 Å². The third-order valence-electron chi connectivity index (χ3n) is 13.4. The summed E-state index contributed by atoms with van der Waals surface area (Å²) in [5, 5.41) is 4.09. The third kappa shape index (κ3) is 4.73. The van der Waals surface area contributed by atoms with Crippen molar-refractivity contribution >= 4 is 43.9 Å². The van der Waals surface area contributed by atoms with Crippen molar-refractivity contribution in [2.75, 3.05) is 0 Å². The lowest BCUT2D eigenvalue weighted by atomic mass is 9.68. The predicted molar refractivity (Wildman–Crippen MR) is 252 cm³/mol. The van der Waals surface area contributed by atoms with Gasteiger partial charge in [0.25, 0.3) is 0 Å². The fourth-order valence-corrected chi connectivity index (χ4v) is 10.8. The molecule has 63 heavy (non-hydrogen) atoms. The van der Waals surface area contributed by atoms with Crippen LogP contribution in [0.1, 0.15) is 22.3 Å². The number of hydrogen-bond donors (Lipinski definition) is 0. The van der Waals surface area contributed by atoms with Crippen LogP contribution in [0.25, 0.3) is 111 Å². The highest BCUT2D eigenvalue weighted by Crippen LogP contribution is 2.64. The van der Waals surface area contributed by atoms with Gasteiger partial charge in [-0.3, -0.25) is 0 Å². The van der Waals surface area contributed by atoms with E-state index in [-0.39, 0.29) is 0 Å². The molecule has 5 nitrogen and oxygen atoms in total. The van der Waals surface area contributed by atoms with Crippen molar-refractivity contribution in [3.05, 3.63) is 222 Å². The minimum Gasteiger partial charge on any atom is -0.456 e. The molecule has 292 valence electrons. The SMILES string of the molecule is c1ccc(-c2nc(-c3ccc4c(c3)oc3ccccc34)nc(-c3cccc4oc5ccc(-c6cccc7c6C6(c8ccccc8-c8ccccc86)c6ccccc6-7)cc5c34)n2)cc1. The maximum absolute atomic E-state index is 6.66. The van der Waals surface area contributed by atoms with Gasteiger partial charge in [0, 0.05) is 38.2 Å². The molecule has 12 aromatic rings. The second-order valence-corrected chi connectivity index (χ2v) is 16.6. The largest absolute Gasteiger partial charge is 0.456 e. The Bertz CT molecular complexity index is 3810. The normalized spacial score (nSPS) is 13.2. The first-order valence-electron chi connectivity index (χ1n) is 21.3. The number of fused-ring (bicyclic) bond motifs is 16. The second kappa shape index (κ2) is 12.8. The van der Waals surface area contributed by atoms with Gasteiger partial charge in [-0.15, -0.1) is 0 Å². The topological polar surface area (TPSA) is 65.0 Å². The first kappa shape index (κ1) is 34.3. The Kier molecular flexibility index (Phi) is 6.97. The van der Waals surface area contributed by atoms with Gasteiger partial charge < -0.3 is 8.83 Å². The van der Waals surface area contributed by atoms with E-state index < -0.39 is 5.41 Å². The van der Waals surface area contributed by atoms with E-state index in [0.29, 0.717) is 17.5 Å². The molecule has 1 spiro atoms. The van der Waals surface area contributed by atoms with Crippen LogP contribution in [0.15, 0.2) is 209 Å². The molecule has 9 aromatic carbocycles. The van der Waals surface area contributed by atoms with Crippen molar-refractivity contribution in [3.8, 4) is 67.5 Å². The zero-order valence-electron chi connectivity index (χ0n) is 33.7. The zero-order valence-corrected chi connectivity index (χ0v) is 33.7. The molecular weight excluding hydrogens is 771 g/mol. The summed E-state index contributed by atoms with van der Waals surface area (Å²) in [6.45, 7) is 0. The highest BCUT2D eigenvalue weighted by Gasteiger charge is 2.52. The van der Waals surface area contributed by atoms with E-state index >= 15 is 0 Å². The Balaban J connectivity index is 0.992. The van der Waals surface area contributed by atoms with Crippen molar-refractivity contribution in [3.63, 3.8) is 0 Å². The van der Waals surface area contributed by atoms with Crippen molar-refractivity contribution in [2.45, 2.75) is 5.41 Å². The second-order valence-electron chi connectivity index (χ2n) is 16.6. The van der Waals surface area contributed by atoms with Gasteiger partial charge in [0.15, 0.2) is 17.5 Å². The molecule has 3 heterocycles. The summed E-state index contributed by atoms with van der Waals surface area (Å²) < 4.78 is 13.0. The number of furan rings is 2. The summed E-state index contributed by atoms with van der Waals surface area (Å²) >= 11 is 0. The fraction of sp³-hybridized carbons (Fsp3) is 0.0172. The molecule has 2 aliphatic rings.